The van der Waals surface area contributed by atoms with Crippen LogP contribution in [0.2, 0.25) is 0 Å². The summed E-state index contributed by atoms with van der Waals surface area (Å²) in [5.41, 5.74) is 2.51. The third-order valence-electron chi connectivity index (χ3n) is 8.28. The minimum Gasteiger partial charge on any atom is -0.338 e. The van der Waals surface area contributed by atoms with Crippen molar-refractivity contribution >= 4 is 76.0 Å². The highest BCUT2D eigenvalue weighted by Gasteiger charge is 2.22. The van der Waals surface area contributed by atoms with Gasteiger partial charge in [0.05, 0.1) is 0 Å². The van der Waals surface area contributed by atoms with E-state index >= 15 is 0 Å². The van der Waals surface area contributed by atoms with Crippen molar-refractivity contribution in [3.63, 3.8) is 0 Å². The predicted molar refractivity (Wildman–Crippen MR) is 166 cm³/mol. The van der Waals surface area contributed by atoms with Gasteiger partial charge in [0.15, 0.2) is 0 Å². The summed E-state index contributed by atoms with van der Waals surface area (Å²) in [5.74, 6) is 0. The first-order valence-electron chi connectivity index (χ1n) is 13.5. The Morgan fingerprint density at radius 2 is 0.921 bits per heavy atom. The molecule has 38 heavy (non-hydrogen) atoms. The fourth-order valence-electron chi connectivity index (χ4n) is 6.76. The van der Waals surface area contributed by atoms with Crippen molar-refractivity contribution in [2.24, 2.45) is 0 Å². The Morgan fingerprint density at radius 3 is 1.66 bits per heavy atom. The van der Waals surface area contributed by atoms with E-state index in [2.05, 4.69) is 140 Å². The van der Waals surface area contributed by atoms with Gasteiger partial charge in [-0.05, 0) is 79.8 Å². The third-order valence-corrected chi connectivity index (χ3v) is 8.28. The molecule has 0 spiro atoms. The lowest BCUT2D eigenvalue weighted by Gasteiger charge is -2.32. The maximum atomic E-state index is 2.54. The number of nitrogens with zero attached hydrogens (tertiary/aromatic N) is 1. The standard InChI is InChI=1S/C37H27N/c1-23(2)38(35-22-25-10-3-4-13-26(25)27-14-5-6-15-28(27)35)34-21-20-32-30-17-8-12-24-11-7-16-29(36(24)30)31-18-9-19-33(34)37(31)32/h3-23H,1-2H3. The highest BCUT2D eigenvalue weighted by atomic mass is 15.2. The van der Waals surface area contributed by atoms with E-state index in [4.69, 9.17) is 0 Å². The van der Waals surface area contributed by atoms with Crippen LogP contribution in [0, 0.1) is 0 Å². The summed E-state index contributed by atoms with van der Waals surface area (Å²) in [5, 5.41) is 15.8. The van der Waals surface area contributed by atoms with Crippen molar-refractivity contribution in [1.29, 1.82) is 0 Å². The average Bonchev–Trinajstić information content (AvgIpc) is 2.96. The monoisotopic (exact) mass is 485 g/mol. The van der Waals surface area contributed by atoms with Crippen molar-refractivity contribution < 1.29 is 0 Å². The van der Waals surface area contributed by atoms with E-state index < -0.39 is 0 Å². The van der Waals surface area contributed by atoms with Crippen molar-refractivity contribution in [3.05, 3.63) is 121 Å². The summed E-state index contributed by atoms with van der Waals surface area (Å²) in [6, 6.07) is 45.2. The van der Waals surface area contributed by atoms with E-state index in [1.54, 1.807) is 0 Å². The van der Waals surface area contributed by atoms with Crippen LogP contribution in [0.5, 0.6) is 0 Å². The van der Waals surface area contributed by atoms with Gasteiger partial charge >= 0.3 is 0 Å². The van der Waals surface area contributed by atoms with E-state index in [0.717, 1.165) is 0 Å². The van der Waals surface area contributed by atoms with Crippen LogP contribution in [-0.2, 0) is 0 Å². The molecule has 0 aliphatic carbocycles. The molecule has 0 amide bonds. The van der Waals surface area contributed by atoms with Crippen molar-refractivity contribution in [2.75, 3.05) is 4.90 Å². The Kier molecular flexibility index (Phi) is 4.48. The van der Waals surface area contributed by atoms with Gasteiger partial charge in [-0.15, -0.1) is 0 Å². The summed E-state index contributed by atoms with van der Waals surface area (Å²) in [6.07, 6.45) is 0. The molecule has 0 N–H and O–H groups in total. The van der Waals surface area contributed by atoms with Gasteiger partial charge < -0.3 is 4.90 Å². The van der Waals surface area contributed by atoms with Crippen LogP contribution in [0.4, 0.5) is 11.4 Å². The largest absolute Gasteiger partial charge is 0.338 e. The first kappa shape index (κ1) is 21.5. The summed E-state index contributed by atoms with van der Waals surface area (Å²) in [7, 11) is 0. The molecule has 0 unspecified atom stereocenters. The number of benzene rings is 8. The summed E-state index contributed by atoms with van der Waals surface area (Å²) < 4.78 is 0. The zero-order valence-electron chi connectivity index (χ0n) is 21.6. The molecule has 8 rings (SSSR count). The number of anilines is 2. The van der Waals surface area contributed by atoms with Crippen LogP contribution in [0.15, 0.2) is 121 Å². The van der Waals surface area contributed by atoms with E-state index in [0.29, 0.717) is 0 Å². The smallest absolute Gasteiger partial charge is 0.0499 e. The van der Waals surface area contributed by atoms with Crippen molar-refractivity contribution in [2.45, 2.75) is 19.9 Å². The lowest BCUT2D eigenvalue weighted by molar-refractivity contribution is 0.794. The van der Waals surface area contributed by atoms with Gasteiger partial charge in [0.2, 0.25) is 0 Å². The zero-order valence-corrected chi connectivity index (χ0v) is 21.6. The minimum atomic E-state index is 0.274. The van der Waals surface area contributed by atoms with Gasteiger partial charge in [-0.25, -0.2) is 0 Å². The van der Waals surface area contributed by atoms with E-state index in [1.807, 2.05) is 0 Å². The number of hydrogen-bond donors (Lipinski definition) is 0. The predicted octanol–water partition coefficient (Wildman–Crippen LogP) is 10.6. The lowest BCUT2D eigenvalue weighted by atomic mass is 9.89. The minimum absolute atomic E-state index is 0.274. The molecule has 0 bridgehead atoms. The molecular weight excluding hydrogens is 458 g/mol. The van der Waals surface area contributed by atoms with Gasteiger partial charge in [-0.3, -0.25) is 0 Å². The summed E-state index contributed by atoms with van der Waals surface area (Å²) >= 11 is 0. The molecule has 180 valence electrons. The van der Waals surface area contributed by atoms with Gasteiger partial charge in [0.25, 0.3) is 0 Å². The topological polar surface area (TPSA) is 3.24 Å². The molecule has 0 heterocycles. The molecule has 8 aromatic carbocycles. The fourth-order valence-corrected chi connectivity index (χ4v) is 6.76. The van der Waals surface area contributed by atoms with Crippen LogP contribution in [0.25, 0.3) is 64.6 Å². The van der Waals surface area contributed by atoms with Gasteiger partial charge in [0.1, 0.15) is 0 Å². The highest BCUT2D eigenvalue weighted by Crippen LogP contribution is 2.46. The highest BCUT2D eigenvalue weighted by molar-refractivity contribution is 6.34. The van der Waals surface area contributed by atoms with Crippen molar-refractivity contribution in [3.8, 4) is 0 Å². The van der Waals surface area contributed by atoms with Gasteiger partial charge in [0, 0.05) is 28.2 Å². The summed E-state index contributed by atoms with van der Waals surface area (Å²) in [6.45, 7) is 4.60. The van der Waals surface area contributed by atoms with Crippen LogP contribution in [0.3, 0.4) is 0 Å². The van der Waals surface area contributed by atoms with Gasteiger partial charge in [-0.1, -0.05) is 109 Å². The molecular formula is C37H27N. The quantitative estimate of drug-likeness (QED) is 0.178. The molecule has 0 aliphatic rings. The molecule has 0 aliphatic heterocycles. The molecule has 8 aromatic rings. The van der Waals surface area contributed by atoms with E-state index in [-0.39, 0.29) is 6.04 Å². The van der Waals surface area contributed by atoms with Gasteiger partial charge in [-0.2, -0.15) is 0 Å². The average molecular weight is 486 g/mol. The number of hydrogen-bond acceptors (Lipinski definition) is 1. The summed E-state index contributed by atoms with van der Waals surface area (Å²) in [4.78, 5) is 2.54. The SMILES string of the molecule is CC(C)N(c1cc2ccccc2c2ccccc12)c1ccc2c3cccc4cccc(c5cccc1c52)c43. The Hall–Kier alpha value is -4.62. The molecule has 0 fully saturated rings. The number of fused-ring (bicyclic) bond motifs is 5. The second kappa shape index (κ2) is 7.94. The Balaban J connectivity index is 1.50. The fraction of sp³-hybridized carbons (Fsp3) is 0.0811. The Labute approximate surface area is 221 Å². The maximum Gasteiger partial charge on any atom is 0.0499 e. The molecule has 1 nitrogen and oxygen atoms in total. The van der Waals surface area contributed by atoms with Crippen LogP contribution in [-0.4, -0.2) is 6.04 Å². The molecule has 0 saturated carbocycles. The van der Waals surface area contributed by atoms with E-state index in [1.165, 1.54) is 76.0 Å². The molecule has 0 aromatic heterocycles. The third kappa shape index (κ3) is 2.87. The Bertz CT molecular complexity index is 2120. The van der Waals surface area contributed by atoms with Crippen molar-refractivity contribution in [1.82, 2.24) is 0 Å². The Morgan fingerprint density at radius 1 is 0.395 bits per heavy atom. The first-order chi connectivity index (χ1) is 18.7. The van der Waals surface area contributed by atoms with Crippen LogP contribution in [0.1, 0.15) is 13.8 Å². The maximum absolute atomic E-state index is 2.54. The second-order valence-electron chi connectivity index (χ2n) is 10.7. The normalized spacial score (nSPS) is 12.2. The molecule has 0 radical (unpaired) electrons. The van der Waals surface area contributed by atoms with Crippen LogP contribution >= 0.6 is 0 Å². The molecule has 0 atom stereocenters. The van der Waals surface area contributed by atoms with E-state index in [9.17, 15) is 0 Å². The van der Waals surface area contributed by atoms with Crippen LogP contribution < -0.4 is 4.90 Å². The number of rotatable bonds is 3. The molecule has 0 saturated heterocycles. The zero-order chi connectivity index (χ0) is 25.4. The molecule has 1 heteroatoms. The lowest BCUT2D eigenvalue weighted by Crippen LogP contribution is -2.26. The first-order valence-corrected chi connectivity index (χ1v) is 13.5. The second-order valence-corrected chi connectivity index (χ2v) is 10.7.